The monoisotopic (exact) mass is 386 g/mol. The van der Waals surface area contributed by atoms with E-state index in [1.165, 1.54) is 56.9 Å². The Labute approximate surface area is 172 Å². The number of carbonyl (C=O) groups excluding carboxylic acids is 1. The minimum atomic E-state index is -0.237. The van der Waals surface area contributed by atoms with E-state index >= 15 is 0 Å². The third kappa shape index (κ3) is 3.32. The maximum Gasteiger partial charge on any atom is 0.159 e. The number of carbonyl (C=O) groups is 1. The Morgan fingerprint density at radius 3 is 2.61 bits per heavy atom. The number of hydrogen-bond acceptors (Lipinski definition) is 2. The molecule has 1 N–H and O–H groups in total. The lowest BCUT2D eigenvalue weighted by Gasteiger charge is -2.57. The van der Waals surface area contributed by atoms with Crippen LogP contribution in [0, 0.1) is 40.4 Å². The Bertz CT molecular complexity index is 634. The summed E-state index contributed by atoms with van der Waals surface area (Å²) in [5.41, 5.74) is 1.81. The molecule has 2 nitrogen and oxygen atoms in total. The average molecular weight is 387 g/mol. The van der Waals surface area contributed by atoms with E-state index in [0.29, 0.717) is 23.0 Å². The average Bonchev–Trinajstić information content (AvgIpc) is 2.96. The molecule has 0 saturated heterocycles. The predicted molar refractivity (Wildman–Crippen MR) is 115 cm³/mol. The van der Waals surface area contributed by atoms with Crippen molar-refractivity contribution in [3.63, 3.8) is 0 Å². The van der Waals surface area contributed by atoms with Crippen LogP contribution in [0.2, 0.25) is 0 Å². The highest BCUT2D eigenvalue weighted by molar-refractivity contribution is 5.94. The smallest absolute Gasteiger partial charge is 0.159 e. The van der Waals surface area contributed by atoms with E-state index in [-0.39, 0.29) is 17.4 Å². The molecule has 0 heterocycles. The SMILES string of the molecule is CC(C)CCCCC1CCC2C3C(=O)C=C4CC(O)CCC4(C)[C@H]3CCC12C. The summed E-state index contributed by atoms with van der Waals surface area (Å²) in [6.07, 6.45) is 15.1. The Kier molecular flexibility index (Phi) is 5.57. The van der Waals surface area contributed by atoms with Crippen molar-refractivity contribution >= 4 is 5.78 Å². The first-order valence-electron chi connectivity index (χ1n) is 12.2. The molecule has 28 heavy (non-hydrogen) atoms. The number of fused-ring (bicyclic) bond motifs is 5. The highest BCUT2D eigenvalue weighted by Crippen LogP contribution is 2.66. The van der Waals surface area contributed by atoms with Crippen LogP contribution in [0.15, 0.2) is 11.6 Å². The fourth-order valence-corrected chi connectivity index (χ4v) is 7.91. The topological polar surface area (TPSA) is 37.3 Å². The van der Waals surface area contributed by atoms with Crippen LogP contribution in [0.3, 0.4) is 0 Å². The summed E-state index contributed by atoms with van der Waals surface area (Å²) in [4.78, 5) is 13.3. The van der Waals surface area contributed by atoms with E-state index in [1.807, 2.05) is 6.08 Å². The molecule has 0 aromatic rings. The fourth-order valence-electron chi connectivity index (χ4n) is 7.91. The van der Waals surface area contributed by atoms with Crippen LogP contribution in [0.25, 0.3) is 0 Å². The van der Waals surface area contributed by atoms with Gasteiger partial charge in [-0.05, 0) is 91.9 Å². The molecular formula is C26H42O2. The van der Waals surface area contributed by atoms with Crippen molar-refractivity contribution in [3.8, 4) is 0 Å². The van der Waals surface area contributed by atoms with Gasteiger partial charge in [-0.3, -0.25) is 4.79 Å². The van der Waals surface area contributed by atoms with Gasteiger partial charge in [-0.2, -0.15) is 0 Å². The molecule has 4 aliphatic carbocycles. The van der Waals surface area contributed by atoms with E-state index in [2.05, 4.69) is 27.7 Å². The Hall–Kier alpha value is -0.630. The van der Waals surface area contributed by atoms with Crippen LogP contribution < -0.4 is 0 Å². The van der Waals surface area contributed by atoms with Crippen LogP contribution >= 0.6 is 0 Å². The Morgan fingerprint density at radius 1 is 1.07 bits per heavy atom. The zero-order chi connectivity index (χ0) is 20.1. The lowest BCUT2D eigenvalue weighted by molar-refractivity contribution is -0.134. The van der Waals surface area contributed by atoms with Crippen molar-refractivity contribution in [1.29, 1.82) is 0 Å². The maximum absolute atomic E-state index is 13.3. The molecule has 6 unspecified atom stereocenters. The van der Waals surface area contributed by atoms with Gasteiger partial charge in [-0.15, -0.1) is 0 Å². The van der Waals surface area contributed by atoms with Crippen LogP contribution in [0.1, 0.15) is 98.3 Å². The largest absolute Gasteiger partial charge is 0.393 e. The minimum absolute atomic E-state index is 0.161. The van der Waals surface area contributed by atoms with Crippen LogP contribution in [-0.2, 0) is 4.79 Å². The van der Waals surface area contributed by atoms with Crippen molar-refractivity contribution < 1.29 is 9.90 Å². The second-order valence-corrected chi connectivity index (χ2v) is 11.6. The van der Waals surface area contributed by atoms with Crippen LogP contribution in [-0.4, -0.2) is 17.0 Å². The van der Waals surface area contributed by atoms with E-state index in [9.17, 15) is 9.90 Å². The van der Waals surface area contributed by atoms with E-state index in [4.69, 9.17) is 0 Å². The molecule has 158 valence electrons. The fraction of sp³-hybridized carbons (Fsp3) is 0.885. The van der Waals surface area contributed by atoms with Crippen molar-refractivity contribution in [2.24, 2.45) is 40.4 Å². The molecule has 0 amide bonds. The van der Waals surface area contributed by atoms with Gasteiger partial charge >= 0.3 is 0 Å². The zero-order valence-electron chi connectivity index (χ0n) is 18.7. The molecule has 0 bridgehead atoms. The number of allylic oxidation sites excluding steroid dienone is 1. The van der Waals surface area contributed by atoms with Crippen molar-refractivity contribution in [3.05, 3.63) is 11.6 Å². The predicted octanol–water partition coefficient (Wildman–Crippen LogP) is 6.32. The minimum Gasteiger partial charge on any atom is -0.393 e. The molecule has 4 aliphatic rings. The summed E-state index contributed by atoms with van der Waals surface area (Å²) in [5.74, 6) is 3.41. The molecular weight excluding hydrogens is 344 g/mol. The van der Waals surface area contributed by atoms with Gasteiger partial charge < -0.3 is 5.11 Å². The number of rotatable bonds is 5. The number of ketones is 1. The highest BCUT2D eigenvalue weighted by Gasteiger charge is 2.60. The summed E-state index contributed by atoms with van der Waals surface area (Å²) in [7, 11) is 0. The summed E-state index contributed by atoms with van der Waals surface area (Å²) in [5, 5.41) is 10.2. The van der Waals surface area contributed by atoms with Gasteiger partial charge in [0.1, 0.15) is 0 Å². The molecule has 0 aliphatic heterocycles. The third-order valence-electron chi connectivity index (χ3n) is 9.70. The van der Waals surface area contributed by atoms with Gasteiger partial charge in [0.05, 0.1) is 6.10 Å². The Balaban J connectivity index is 1.51. The number of unbranched alkanes of at least 4 members (excludes halogenated alkanes) is 1. The number of aliphatic hydroxyl groups excluding tert-OH is 1. The van der Waals surface area contributed by atoms with Gasteiger partial charge in [-0.25, -0.2) is 0 Å². The normalized spacial score (nSPS) is 45.4. The molecule has 4 rings (SSSR count). The summed E-state index contributed by atoms with van der Waals surface area (Å²) >= 11 is 0. The molecule has 0 aromatic heterocycles. The van der Waals surface area contributed by atoms with E-state index in [1.54, 1.807) is 0 Å². The molecule has 0 aromatic carbocycles. The van der Waals surface area contributed by atoms with Gasteiger partial charge in [0.2, 0.25) is 0 Å². The van der Waals surface area contributed by atoms with Crippen molar-refractivity contribution in [2.45, 2.75) is 104 Å². The molecule has 3 saturated carbocycles. The number of hydrogen-bond donors (Lipinski definition) is 1. The van der Waals surface area contributed by atoms with Crippen LogP contribution in [0.4, 0.5) is 0 Å². The van der Waals surface area contributed by atoms with Crippen LogP contribution in [0.5, 0.6) is 0 Å². The second kappa shape index (κ2) is 7.56. The standard InChI is InChI=1S/C26H42O2/c1-17(2)7-5-6-8-18-9-10-21-24-22(12-14-25(18,21)3)26(4)13-11-20(27)15-19(26)16-23(24)28/h16-18,20-22,24,27H,5-15H2,1-4H3/t18?,20?,21?,22-,24?,25?,26?/m0/s1. The van der Waals surface area contributed by atoms with E-state index in [0.717, 1.165) is 31.1 Å². The maximum atomic E-state index is 13.3. The molecule has 3 fully saturated rings. The first-order chi connectivity index (χ1) is 13.3. The third-order valence-corrected chi connectivity index (χ3v) is 9.70. The zero-order valence-corrected chi connectivity index (χ0v) is 18.7. The van der Waals surface area contributed by atoms with Gasteiger partial charge in [0, 0.05) is 5.92 Å². The molecule has 0 spiro atoms. The summed E-state index contributed by atoms with van der Waals surface area (Å²) < 4.78 is 0. The van der Waals surface area contributed by atoms with Crippen molar-refractivity contribution in [1.82, 2.24) is 0 Å². The van der Waals surface area contributed by atoms with E-state index < -0.39 is 0 Å². The second-order valence-electron chi connectivity index (χ2n) is 11.6. The summed E-state index contributed by atoms with van der Waals surface area (Å²) in [6.45, 7) is 9.61. The summed E-state index contributed by atoms with van der Waals surface area (Å²) in [6, 6.07) is 0. The highest BCUT2D eigenvalue weighted by atomic mass is 16.3. The molecule has 7 atom stereocenters. The first kappa shape index (κ1) is 20.6. The lowest BCUT2D eigenvalue weighted by atomic mass is 9.47. The Morgan fingerprint density at radius 2 is 1.86 bits per heavy atom. The molecule has 0 radical (unpaired) electrons. The number of aliphatic hydroxyl groups is 1. The lowest BCUT2D eigenvalue weighted by Crippen LogP contribution is -2.53. The van der Waals surface area contributed by atoms with Gasteiger partial charge in [0.15, 0.2) is 5.78 Å². The quantitative estimate of drug-likeness (QED) is 0.561. The van der Waals surface area contributed by atoms with Gasteiger partial charge in [0.25, 0.3) is 0 Å². The van der Waals surface area contributed by atoms with Gasteiger partial charge in [-0.1, -0.05) is 52.5 Å². The molecule has 2 heteroatoms. The first-order valence-corrected chi connectivity index (χ1v) is 12.2. The van der Waals surface area contributed by atoms with Crippen molar-refractivity contribution in [2.75, 3.05) is 0 Å².